The molecule has 1 N–H and O–H groups in total. The van der Waals surface area contributed by atoms with Crippen LogP contribution in [0.25, 0.3) is 0 Å². The van der Waals surface area contributed by atoms with E-state index in [2.05, 4.69) is 5.32 Å². The summed E-state index contributed by atoms with van der Waals surface area (Å²) in [6.07, 6.45) is -4.40. The van der Waals surface area contributed by atoms with Gasteiger partial charge in [-0.05, 0) is 49.4 Å². The number of hydrogen-bond donors (Lipinski definition) is 1. The molecule has 1 saturated heterocycles. The third kappa shape index (κ3) is 3.70. The van der Waals surface area contributed by atoms with Gasteiger partial charge in [0.15, 0.2) is 0 Å². The van der Waals surface area contributed by atoms with Crippen LogP contribution in [0.15, 0.2) is 18.2 Å². The number of aryl methyl sites for hydroxylation is 1. The lowest BCUT2D eigenvalue weighted by Crippen LogP contribution is -2.35. The highest BCUT2D eigenvalue weighted by Crippen LogP contribution is 2.52. The Hall–Kier alpha value is -2.09. The zero-order valence-electron chi connectivity index (χ0n) is 14.6. The van der Waals surface area contributed by atoms with Crippen molar-refractivity contribution in [1.29, 1.82) is 0 Å². The number of anilines is 1. The van der Waals surface area contributed by atoms with Crippen LogP contribution in [0.4, 0.5) is 18.9 Å². The van der Waals surface area contributed by atoms with Gasteiger partial charge in [-0.15, -0.1) is 0 Å². The monoisotopic (exact) mass is 370 g/mol. The number of nitrogens with one attached hydrogen (secondary N) is 1. The molecule has 1 aliphatic carbocycles. The number of hydrogen-bond acceptors (Lipinski definition) is 3. The third-order valence-corrected chi connectivity index (χ3v) is 5.09. The van der Waals surface area contributed by atoms with Crippen LogP contribution in [-0.4, -0.2) is 43.0 Å². The van der Waals surface area contributed by atoms with Crippen molar-refractivity contribution in [3.63, 3.8) is 0 Å². The van der Waals surface area contributed by atoms with E-state index < -0.39 is 11.7 Å². The molecule has 0 spiro atoms. The number of piperidine rings is 1. The number of likely N-dealkylation sites (tertiary alicyclic amines) is 1. The minimum Gasteiger partial charge on any atom is -0.372 e. The fourth-order valence-corrected chi connectivity index (χ4v) is 3.60. The fourth-order valence-electron chi connectivity index (χ4n) is 3.60. The molecule has 1 saturated carbocycles. The molecule has 142 valence electrons. The van der Waals surface area contributed by atoms with Crippen molar-refractivity contribution in [2.45, 2.75) is 20.0 Å². The van der Waals surface area contributed by atoms with Crippen molar-refractivity contribution in [2.75, 3.05) is 31.6 Å². The first-order chi connectivity index (χ1) is 12.2. The van der Waals surface area contributed by atoms with E-state index >= 15 is 0 Å². The van der Waals surface area contributed by atoms with Gasteiger partial charge in [0.2, 0.25) is 11.8 Å². The summed E-state index contributed by atoms with van der Waals surface area (Å²) in [5.74, 6) is -0.213. The molecule has 5 nitrogen and oxygen atoms in total. The maximum absolute atomic E-state index is 12.7. The van der Waals surface area contributed by atoms with Crippen LogP contribution in [0.5, 0.6) is 0 Å². The van der Waals surface area contributed by atoms with Crippen LogP contribution in [0, 0.1) is 24.7 Å². The Morgan fingerprint density at radius 2 is 1.92 bits per heavy atom. The molecule has 0 aromatic heterocycles. The second-order valence-corrected chi connectivity index (χ2v) is 6.81. The van der Waals surface area contributed by atoms with Gasteiger partial charge in [0.1, 0.15) is 6.61 Å². The van der Waals surface area contributed by atoms with Crippen LogP contribution < -0.4 is 5.32 Å². The minimum absolute atomic E-state index is 0.0531. The van der Waals surface area contributed by atoms with E-state index in [9.17, 15) is 22.8 Å². The summed E-state index contributed by atoms with van der Waals surface area (Å²) in [5, 5.41) is 2.72. The van der Waals surface area contributed by atoms with E-state index in [1.54, 1.807) is 4.90 Å². The van der Waals surface area contributed by atoms with Crippen LogP contribution in [0.2, 0.25) is 0 Å². The number of carbonyl (C=O) groups is 2. The molecule has 0 radical (unpaired) electrons. The summed E-state index contributed by atoms with van der Waals surface area (Å²) in [7, 11) is 0. The summed E-state index contributed by atoms with van der Waals surface area (Å²) in [4.78, 5) is 26.0. The average Bonchev–Trinajstić information content (AvgIpc) is 3.07. The molecule has 0 unspecified atom stereocenters. The van der Waals surface area contributed by atoms with Gasteiger partial charge in [0, 0.05) is 31.3 Å². The van der Waals surface area contributed by atoms with Gasteiger partial charge in [0.05, 0.1) is 5.56 Å². The molecule has 2 amide bonds. The largest absolute Gasteiger partial charge is 0.416 e. The first-order valence-corrected chi connectivity index (χ1v) is 8.56. The lowest BCUT2D eigenvalue weighted by molar-refractivity contribution is -0.137. The molecular formula is C18H21F3N2O3. The van der Waals surface area contributed by atoms with E-state index in [1.807, 2.05) is 6.92 Å². The Morgan fingerprint density at radius 3 is 2.46 bits per heavy atom. The SMILES string of the molecule is CCOCC(=O)N1C[C@@H]2C(C(=O)Nc3ccc(C(F)(F)F)cc3C)[C@H]2C1. The predicted octanol–water partition coefficient (Wildman–Crippen LogP) is 2.69. The number of amides is 2. The van der Waals surface area contributed by atoms with E-state index in [0.717, 1.165) is 12.1 Å². The second-order valence-electron chi connectivity index (χ2n) is 6.81. The lowest BCUT2D eigenvalue weighted by atomic mass is 10.1. The molecule has 3 rings (SSSR count). The van der Waals surface area contributed by atoms with E-state index in [0.29, 0.717) is 30.9 Å². The number of fused-ring (bicyclic) bond motifs is 1. The van der Waals surface area contributed by atoms with E-state index in [4.69, 9.17) is 4.74 Å². The first-order valence-electron chi connectivity index (χ1n) is 8.56. The third-order valence-electron chi connectivity index (χ3n) is 5.09. The van der Waals surface area contributed by atoms with Crippen molar-refractivity contribution in [3.8, 4) is 0 Å². The van der Waals surface area contributed by atoms with Gasteiger partial charge in [-0.1, -0.05) is 0 Å². The number of benzene rings is 1. The number of alkyl halides is 3. The quantitative estimate of drug-likeness (QED) is 0.867. The van der Waals surface area contributed by atoms with Crippen molar-refractivity contribution < 1.29 is 27.5 Å². The zero-order chi connectivity index (χ0) is 19.1. The van der Waals surface area contributed by atoms with Crippen LogP contribution in [0.3, 0.4) is 0 Å². The second kappa shape index (κ2) is 6.90. The zero-order valence-corrected chi connectivity index (χ0v) is 14.6. The molecule has 8 heteroatoms. The topological polar surface area (TPSA) is 58.6 Å². The molecule has 2 atom stereocenters. The number of rotatable bonds is 5. The highest BCUT2D eigenvalue weighted by molar-refractivity contribution is 5.96. The molecule has 1 heterocycles. The van der Waals surface area contributed by atoms with Crippen molar-refractivity contribution in [1.82, 2.24) is 4.90 Å². The van der Waals surface area contributed by atoms with Gasteiger partial charge in [-0.25, -0.2) is 0 Å². The Labute approximate surface area is 149 Å². The maximum atomic E-state index is 12.7. The number of ether oxygens (including phenoxy) is 1. The average molecular weight is 370 g/mol. The van der Waals surface area contributed by atoms with Gasteiger partial charge >= 0.3 is 6.18 Å². The Kier molecular flexibility index (Phi) is 4.96. The van der Waals surface area contributed by atoms with Gasteiger partial charge in [-0.3, -0.25) is 9.59 Å². The van der Waals surface area contributed by atoms with Gasteiger partial charge < -0.3 is 15.0 Å². The molecule has 1 aliphatic heterocycles. The van der Waals surface area contributed by atoms with E-state index in [1.165, 1.54) is 13.0 Å². The summed E-state index contributed by atoms with van der Waals surface area (Å²) in [5.41, 5.74) is 0.0181. The fraction of sp³-hybridized carbons (Fsp3) is 0.556. The highest BCUT2D eigenvalue weighted by atomic mass is 19.4. The van der Waals surface area contributed by atoms with Gasteiger partial charge in [0.25, 0.3) is 0 Å². The van der Waals surface area contributed by atoms with Crippen molar-refractivity contribution in [2.24, 2.45) is 17.8 Å². The predicted molar refractivity (Wildman–Crippen MR) is 88.4 cm³/mol. The van der Waals surface area contributed by atoms with E-state index in [-0.39, 0.29) is 36.2 Å². The summed E-state index contributed by atoms with van der Waals surface area (Å²) in [6.45, 7) is 4.94. The van der Waals surface area contributed by atoms with Crippen molar-refractivity contribution >= 4 is 17.5 Å². The van der Waals surface area contributed by atoms with Crippen LogP contribution >= 0.6 is 0 Å². The maximum Gasteiger partial charge on any atom is 0.416 e. The molecule has 2 aliphatic rings. The highest BCUT2D eigenvalue weighted by Gasteiger charge is 2.60. The van der Waals surface area contributed by atoms with Crippen molar-refractivity contribution in [3.05, 3.63) is 29.3 Å². The molecule has 26 heavy (non-hydrogen) atoms. The Balaban J connectivity index is 1.55. The normalized spacial score (nSPS) is 24.3. The number of halogens is 3. The molecule has 2 fully saturated rings. The number of nitrogens with zero attached hydrogens (tertiary/aromatic N) is 1. The molecule has 1 aromatic carbocycles. The van der Waals surface area contributed by atoms with Gasteiger partial charge in [-0.2, -0.15) is 13.2 Å². The summed E-state index contributed by atoms with van der Waals surface area (Å²) in [6, 6.07) is 3.27. The molecule has 0 bridgehead atoms. The van der Waals surface area contributed by atoms with Crippen LogP contribution in [0.1, 0.15) is 18.1 Å². The molecular weight excluding hydrogens is 349 g/mol. The first kappa shape index (κ1) is 18.7. The lowest BCUT2D eigenvalue weighted by Gasteiger charge is -2.20. The number of carbonyl (C=O) groups excluding carboxylic acids is 2. The minimum atomic E-state index is -4.40. The summed E-state index contributed by atoms with van der Waals surface area (Å²) >= 11 is 0. The smallest absolute Gasteiger partial charge is 0.372 e. The molecule has 1 aromatic rings. The Bertz CT molecular complexity index is 708. The Morgan fingerprint density at radius 1 is 1.27 bits per heavy atom. The standard InChI is InChI=1S/C18H21F3N2O3/c1-3-26-9-15(24)23-7-12-13(8-23)16(12)17(25)22-14-5-4-11(6-10(14)2)18(19,20)21/h4-6,12-13,16H,3,7-9H2,1-2H3,(H,22,25)/t12-,13-/m0/s1. The van der Waals surface area contributed by atoms with Crippen LogP contribution in [-0.2, 0) is 20.5 Å². The summed E-state index contributed by atoms with van der Waals surface area (Å²) < 4.78 is 43.2.